The summed E-state index contributed by atoms with van der Waals surface area (Å²) >= 11 is 0. The standard InChI is InChI=1S/C14H18N2O3/c15-7-3-8-16(10-11-4-2-9-19-11)14(18)12-5-1-6-13(12)17/h2,4,9,12-13,17H,1,3,5-6,8,10H2. The number of furan rings is 1. The normalized spacial score (nSPS) is 22.1. The van der Waals surface area contributed by atoms with Crippen LogP contribution in [0.4, 0.5) is 0 Å². The molecule has 2 rings (SSSR count). The number of aliphatic hydroxyl groups is 1. The van der Waals surface area contributed by atoms with E-state index in [1.54, 1.807) is 23.3 Å². The average molecular weight is 262 g/mol. The summed E-state index contributed by atoms with van der Waals surface area (Å²) in [6, 6.07) is 5.62. The van der Waals surface area contributed by atoms with Crippen LogP contribution in [0.2, 0.25) is 0 Å². The first-order chi connectivity index (χ1) is 9.22. The van der Waals surface area contributed by atoms with Gasteiger partial charge < -0.3 is 14.4 Å². The van der Waals surface area contributed by atoms with Crippen LogP contribution in [0.5, 0.6) is 0 Å². The van der Waals surface area contributed by atoms with Crippen LogP contribution in [0.25, 0.3) is 0 Å². The summed E-state index contributed by atoms with van der Waals surface area (Å²) in [7, 11) is 0. The maximum Gasteiger partial charge on any atom is 0.228 e. The number of nitriles is 1. The van der Waals surface area contributed by atoms with E-state index < -0.39 is 6.10 Å². The Bertz CT molecular complexity index is 450. The molecule has 0 radical (unpaired) electrons. The number of rotatable bonds is 5. The van der Waals surface area contributed by atoms with Crippen molar-refractivity contribution in [2.24, 2.45) is 5.92 Å². The van der Waals surface area contributed by atoms with Gasteiger partial charge in [0.1, 0.15) is 5.76 Å². The summed E-state index contributed by atoms with van der Waals surface area (Å²) in [6.45, 7) is 0.732. The summed E-state index contributed by atoms with van der Waals surface area (Å²) in [4.78, 5) is 14.0. The summed E-state index contributed by atoms with van der Waals surface area (Å²) in [6.07, 6.45) is 3.59. The molecule has 19 heavy (non-hydrogen) atoms. The van der Waals surface area contributed by atoms with E-state index in [0.29, 0.717) is 25.3 Å². The zero-order valence-corrected chi connectivity index (χ0v) is 10.8. The third-order valence-corrected chi connectivity index (χ3v) is 3.53. The van der Waals surface area contributed by atoms with Crippen LogP contribution in [-0.4, -0.2) is 28.6 Å². The van der Waals surface area contributed by atoms with Crippen LogP contribution in [0.15, 0.2) is 22.8 Å². The Morgan fingerprint density at radius 3 is 3.00 bits per heavy atom. The SMILES string of the molecule is N#CCCN(Cc1ccco1)C(=O)C1CCCC1O. The summed E-state index contributed by atoms with van der Waals surface area (Å²) in [5.74, 6) is 0.295. The molecule has 1 aliphatic carbocycles. The highest BCUT2D eigenvalue weighted by Gasteiger charge is 2.34. The van der Waals surface area contributed by atoms with Gasteiger partial charge in [0, 0.05) is 6.54 Å². The molecule has 0 saturated heterocycles. The fourth-order valence-electron chi connectivity index (χ4n) is 2.51. The van der Waals surface area contributed by atoms with E-state index in [9.17, 15) is 9.90 Å². The molecule has 0 spiro atoms. The number of carbonyl (C=O) groups excluding carboxylic acids is 1. The Morgan fingerprint density at radius 2 is 2.42 bits per heavy atom. The van der Waals surface area contributed by atoms with Gasteiger partial charge in [-0.05, 0) is 31.4 Å². The fraction of sp³-hybridized carbons (Fsp3) is 0.571. The molecule has 0 aromatic carbocycles. The lowest BCUT2D eigenvalue weighted by Crippen LogP contribution is -2.39. The van der Waals surface area contributed by atoms with Crippen molar-refractivity contribution in [3.8, 4) is 6.07 Å². The molecule has 2 unspecified atom stereocenters. The number of carbonyl (C=O) groups is 1. The zero-order chi connectivity index (χ0) is 13.7. The smallest absolute Gasteiger partial charge is 0.228 e. The third-order valence-electron chi connectivity index (χ3n) is 3.53. The molecule has 1 heterocycles. The Kier molecular flexibility index (Phi) is 4.58. The van der Waals surface area contributed by atoms with E-state index in [0.717, 1.165) is 12.8 Å². The van der Waals surface area contributed by atoms with E-state index in [2.05, 4.69) is 0 Å². The average Bonchev–Trinajstić information content (AvgIpc) is 3.05. The van der Waals surface area contributed by atoms with Crippen LogP contribution in [0.1, 0.15) is 31.4 Å². The van der Waals surface area contributed by atoms with Gasteiger partial charge in [-0.15, -0.1) is 0 Å². The molecule has 1 saturated carbocycles. The lowest BCUT2D eigenvalue weighted by Gasteiger charge is -2.25. The number of hydrogen-bond donors (Lipinski definition) is 1. The van der Waals surface area contributed by atoms with Crippen molar-refractivity contribution in [1.29, 1.82) is 5.26 Å². The lowest BCUT2D eigenvalue weighted by atomic mass is 10.0. The van der Waals surface area contributed by atoms with Crippen LogP contribution >= 0.6 is 0 Å². The molecular weight excluding hydrogens is 244 g/mol. The molecule has 1 aromatic heterocycles. The van der Waals surface area contributed by atoms with Gasteiger partial charge in [-0.2, -0.15) is 5.26 Å². The van der Waals surface area contributed by atoms with Gasteiger partial charge in [-0.25, -0.2) is 0 Å². The van der Waals surface area contributed by atoms with Crippen molar-refractivity contribution >= 4 is 5.91 Å². The van der Waals surface area contributed by atoms with Crippen molar-refractivity contribution in [3.05, 3.63) is 24.2 Å². The highest BCUT2D eigenvalue weighted by atomic mass is 16.3. The van der Waals surface area contributed by atoms with Gasteiger partial charge >= 0.3 is 0 Å². The van der Waals surface area contributed by atoms with Crippen LogP contribution in [0.3, 0.4) is 0 Å². The Labute approximate surface area is 112 Å². The van der Waals surface area contributed by atoms with Gasteiger partial charge in [0.2, 0.25) is 5.91 Å². The van der Waals surface area contributed by atoms with Crippen molar-refractivity contribution in [2.45, 2.75) is 38.3 Å². The molecule has 1 amide bonds. The number of hydrogen-bond acceptors (Lipinski definition) is 4. The van der Waals surface area contributed by atoms with Crippen molar-refractivity contribution in [1.82, 2.24) is 4.90 Å². The minimum atomic E-state index is -0.548. The molecule has 2 atom stereocenters. The minimum Gasteiger partial charge on any atom is -0.467 e. The second-order valence-corrected chi connectivity index (χ2v) is 4.85. The molecule has 5 heteroatoms. The first kappa shape index (κ1) is 13.6. The van der Waals surface area contributed by atoms with Crippen molar-refractivity contribution in [2.75, 3.05) is 6.54 Å². The number of amides is 1. The fourth-order valence-corrected chi connectivity index (χ4v) is 2.51. The van der Waals surface area contributed by atoms with Crippen molar-refractivity contribution in [3.63, 3.8) is 0 Å². The van der Waals surface area contributed by atoms with Gasteiger partial charge in [-0.1, -0.05) is 0 Å². The highest BCUT2D eigenvalue weighted by molar-refractivity contribution is 5.79. The van der Waals surface area contributed by atoms with Gasteiger partial charge in [0.05, 0.1) is 37.3 Å². The molecule has 5 nitrogen and oxygen atoms in total. The topological polar surface area (TPSA) is 77.5 Å². The molecule has 102 valence electrons. The van der Waals surface area contributed by atoms with Crippen LogP contribution in [0, 0.1) is 17.2 Å². The summed E-state index contributed by atoms with van der Waals surface area (Å²) in [5, 5.41) is 18.5. The molecular formula is C14H18N2O3. The van der Waals surface area contributed by atoms with Gasteiger partial charge in [0.15, 0.2) is 0 Å². The molecule has 1 fully saturated rings. The van der Waals surface area contributed by atoms with E-state index >= 15 is 0 Å². The number of nitrogens with zero attached hydrogens (tertiary/aromatic N) is 2. The quantitative estimate of drug-likeness (QED) is 0.875. The summed E-state index contributed by atoms with van der Waals surface area (Å²) < 4.78 is 5.24. The predicted octanol–water partition coefficient (Wildman–Crippen LogP) is 1.68. The third kappa shape index (κ3) is 3.36. The first-order valence-electron chi connectivity index (χ1n) is 6.58. The highest BCUT2D eigenvalue weighted by Crippen LogP contribution is 2.27. The maximum atomic E-state index is 12.4. The monoisotopic (exact) mass is 262 g/mol. The molecule has 1 aliphatic rings. The van der Waals surface area contributed by atoms with Crippen LogP contribution in [-0.2, 0) is 11.3 Å². The van der Waals surface area contributed by atoms with Gasteiger partial charge in [0.25, 0.3) is 0 Å². The van der Waals surface area contributed by atoms with Gasteiger partial charge in [-0.3, -0.25) is 4.79 Å². The van der Waals surface area contributed by atoms with E-state index in [1.807, 2.05) is 6.07 Å². The molecule has 1 aromatic rings. The molecule has 0 bridgehead atoms. The second kappa shape index (κ2) is 6.39. The van der Waals surface area contributed by atoms with Crippen molar-refractivity contribution < 1.29 is 14.3 Å². The minimum absolute atomic E-state index is 0.0725. The zero-order valence-electron chi connectivity index (χ0n) is 10.8. The van der Waals surface area contributed by atoms with E-state index in [-0.39, 0.29) is 18.2 Å². The molecule has 0 aliphatic heterocycles. The number of aliphatic hydroxyl groups excluding tert-OH is 1. The van der Waals surface area contributed by atoms with E-state index in [4.69, 9.17) is 9.68 Å². The summed E-state index contributed by atoms with van der Waals surface area (Å²) in [5.41, 5.74) is 0. The van der Waals surface area contributed by atoms with E-state index in [1.165, 1.54) is 0 Å². The Morgan fingerprint density at radius 1 is 1.58 bits per heavy atom. The lowest BCUT2D eigenvalue weighted by molar-refractivity contribution is -0.139. The molecule has 1 N–H and O–H groups in total. The maximum absolute atomic E-state index is 12.4. The van der Waals surface area contributed by atoms with Crippen LogP contribution < -0.4 is 0 Å². The predicted molar refractivity (Wildman–Crippen MR) is 67.7 cm³/mol. The largest absolute Gasteiger partial charge is 0.467 e. The Hall–Kier alpha value is -1.80. The first-order valence-corrected chi connectivity index (χ1v) is 6.58. The second-order valence-electron chi connectivity index (χ2n) is 4.85. The Balaban J connectivity index is 2.03.